The number of benzene rings is 1. The predicted molar refractivity (Wildman–Crippen MR) is 99.7 cm³/mol. The van der Waals surface area contributed by atoms with Crippen LogP contribution in [0.1, 0.15) is 29.2 Å². The van der Waals surface area contributed by atoms with E-state index in [2.05, 4.69) is 28.7 Å². The highest BCUT2D eigenvalue weighted by molar-refractivity contribution is 5.99. The van der Waals surface area contributed by atoms with Crippen molar-refractivity contribution in [3.05, 3.63) is 64.7 Å². The van der Waals surface area contributed by atoms with Gasteiger partial charge in [-0.3, -0.25) is 0 Å². The standard InChI is InChI=1S/C20H22FN3/c1-6-24-14(4)16(17-7-12(2)13(3)8-18(17)21)9-15-11-23-20(22-5)10-19(15)24/h7-11H,4,6H2,1-3,5H3,(H,22,23). The van der Waals surface area contributed by atoms with Crippen LogP contribution in [0.25, 0.3) is 11.6 Å². The zero-order valence-electron chi connectivity index (χ0n) is 14.6. The summed E-state index contributed by atoms with van der Waals surface area (Å²) >= 11 is 0. The molecule has 0 saturated carbocycles. The van der Waals surface area contributed by atoms with E-state index in [1.807, 2.05) is 45.3 Å². The summed E-state index contributed by atoms with van der Waals surface area (Å²) in [5, 5.41) is 3.05. The topological polar surface area (TPSA) is 28.2 Å². The molecule has 4 heteroatoms. The van der Waals surface area contributed by atoms with Crippen molar-refractivity contribution in [1.29, 1.82) is 0 Å². The van der Waals surface area contributed by atoms with Gasteiger partial charge < -0.3 is 10.2 Å². The van der Waals surface area contributed by atoms with Crippen molar-refractivity contribution in [3.8, 4) is 0 Å². The first-order valence-electron chi connectivity index (χ1n) is 8.09. The highest BCUT2D eigenvalue weighted by Crippen LogP contribution is 2.40. The van der Waals surface area contributed by atoms with Crippen LogP contribution in [0, 0.1) is 19.7 Å². The van der Waals surface area contributed by atoms with Crippen LogP contribution in [0.4, 0.5) is 15.9 Å². The van der Waals surface area contributed by atoms with Gasteiger partial charge in [-0.05, 0) is 50.1 Å². The Hall–Kier alpha value is -2.62. The second-order valence-electron chi connectivity index (χ2n) is 6.04. The molecule has 2 aromatic rings. The Morgan fingerprint density at radius 1 is 1.21 bits per heavy atom. The minimum absolute atomic E-state index is 0.218. The summed E-state index contributed by atoms with van der Waals surface area (Å²) < 4.78 is 14.6. The number of halogens is 1. The molecule has 3 rings (SSSR count). The Bertz CT molecular complexity index is 852. The maximum Gasteiger partial charge on any atom is 0.131 e. The van der Waals surface area contributed by atoms with Gasteiger partial charge in [0, 0.05) is 48.3 Å². The lowest BCUT2D eigenvalue weighted by molar-refractivity contribution is 0.622. The first-order chi connectivity index (χ1) is 11.5. The number of likely N-dealkylation sites (N-methyl/N-ethyl adjacent to an activating group) is 1. The normalized spacial score (nSPS) is 13.6. The Morgan fingerprint density at radius 2 is 1.92 bits per heavy atom. The number of nitrogens with zero attached hydrogens (tertiary/aromatic N) is 2. The van der Waals surface area contributed by atoms with Gasteiger partial charge in [0.15, 0.2) is 0 Å². The zero-order chi connectivity index (χ0) is 17.4. The van der Waals surface area contributed by atoms with Crippen molar-refractivity contribution >= 4 is 23.2 Å². The molecular weight excluding hydrogens is 301 g/mol. The van der Waals surface area contributed by atoms with Crippen molar-refractivity contribution in [2.75, 3.05) is 23.8 Å². The zero-order valence-corrected chi connectivity index (χ0v) is 14.6. The first kappa shape index (κ1) is 16.2. The van der Waals surface area contributed by atoms with Gasteiger partial charge in [-0.15, -0.1) is 0 Å². The number of nitrogens with one attached hydrogen (secondary N) is 1. The first-order valence-corrected chi connectivity index (χ1v) is 8.09. The molecule has 0 aliphatic carbocycles. The van der Waals surface area contributed by atoms with Gasteiger partial charge in [-0.2, -0.15) is 0 Å². The second kappa shape index (κ2) is 6.11. The Labute approximate surface area is 142 Å². The summed E-state index contributed by atoms with van der Waals surface area (Å²) in [6.07, 6.45) is 3.79. The van der Waals surface area contributed by atoms with Crippen LogP contribution in [0.5, 0.6) is 0 Å². The number of hydrogen-bond acceptors (Lipinski definition) is 3. The molecule has 124 valence electrons. The average molecular weight is 323 g/mol. The SMILES string of the molecule is C=C1C(c2cc(C)c(C)cc2F)=Cc2cnc(NC)cc2N1CC. The Balaban J connectivity index is 2.20. The van der Waals surface area contributed by atoms with E-state index in [0.29, 0.717) is 5.56 Å². The van der Waals surface area contributed by atoms with Crippen molar-refractivity contribution in [2.45, 2.75) is 20.8 Å². The largest absolute Gasteiger partial charge is 0.373 e. The predicted octanol–water partition coefficient (Wildman–Crippen LogP) is 4.77. The van der Waals surface area contributed by atoms with E-state index in [4.69, 9.17) is 0 Å². The lowest BCUT2D eigenvalue weighted by Gasteiger charge is -2.33. The summed E-state index contributed by atoms with van der Waals surface area (Å²) in [5.74, 6) is 0.582. The molecule has 0 atom stereocenters. The third-order valence-corrected chi connectivity index (χ3v) is 4.59. The summed E-state index contributed by atoms with van der Waals surface area (Å²) in [4.78, 5) is 6.48. The third kappa shape index (κ3) is 2.58. The molecule has 0 bridgehead atoms. The van der Waals surface area contributed by atoms with Crippen LogP contribution in [0.2, 0.25) is 0 Å². The van der Waals surface area contributed by atoms with Crippen LogP contribution in [0.3, 0.4) is 0 Å². The van der Waals surface area contributed by atoms with Crippen molar-refractivity contribution in [2.24, 2.45) is 0 Å². The van der Waals surface area contributed by atoms with E-state index in [9.17, 15) is 4.39 Å². The van der Waals surface area contributed by atoms with Gasteiger partial charge in [0.25, 0.3) is 0 Å². The smallest absolute Gasteiger partial charge is 0.131 e. The molecule has 0 fully saturated rings. The monoisotopic (exact) mass is 323 g/mol. The van der Waals surface area contributed by atoms with Gasteiger partial charge in [-0.1, -0.05) is 6.58 Å². The molecule has 2 heterocycles. The van der Waals surface area contributed by atoms with Crippen molar-refractivity contribution in [1.82, 2.24) is 4.98 Å². The number of pyridine rings is 1. The maximum atomic E-state index is 14.6. The summed E-state index contributed by atoms with van der Waals surface area (Å²) in [5.41, 5.74) is 6.23. The van der Waals surface area contributed by atoms with E-state index >= 15 is 0 Å². The third-order valence-electron chi connectivity index (χ3n) is 4.59. The van der Waals surface area contributed by atoms with Crippen LogP contribution < -0.4 is 10.2 Å². The molecule has 3 nitrogen and oxygen atoms in total. The molecule has 1 aromatic heterocycles. The molecule has 0 unspecified atom stereocenters. The van der Waals surface area contributed by atoms with Gasteiger partial charge in [0.2, 0.25) is 0 Å². The molecule has 0 radical (unpaired) electrons. The van der Waals surface area contributed by atoms with E-state index in [0.717, 1.165) is 46.0 Å². The van der Waals surface area contributed by atoms with Crippen LogP contribution in [-0.4, -0.2) is 18.6 Å². The summed E-state index contributed by atoms with van der Waals surface area (Å²) in [6.45, 7) is 11.0. The van der Waals surface area contributed by atoms with Crippen LogP contribution in [-0.2, 0) is 0 Å². The molecule has 0 spiro atoms. The van der Waals surface area contributed by atoms with Gasteiger partial charge >= 0.3 is 0 Å². The molecular formula is C20H22FN3. The van der Waals surface area contributed by atoms with Crippen molar-refractivity contribution in [3.63, 3.8) is 0 Å². The minimum Gasteiger partial charge on any atom is -0.373 e. The maximum absolute atomic E-state index is 14.6. The summed E-state index contributed by atoms with van der Waals surface area (Å²) in [7, 11) is 1.84. The number of fused-ring (bicyclic) bond motifs is 1. The summed E-state index contributed by atoms with van der Waals surface area (Å²) in [6, 6.07) is 5.48. The van der Waals surface area contributed by atoms with Gasteiger partial charge in [-0.25, -0.2) is 9.37 Å². The molecule has 0 amide bonds. The van der Waals surface area contributed by atoms with Crippen molar-refractivity contribution < 1.29 is 4.39 Å². The number of aryl methyl sites for hydroxylation is 2. The fourth-order valence-electron chi connectivity index (χ4n) is 3.05. The number of anilines is 2. The molecule has 1 aliphatic heterocycles. The fraction of sp³-hybridized carbons (Fsp3) is 0.250. The highest BCUT2D eigenvalue weighted by Gasteiger charge is 2.24. The second-order valence-corrected chi connectivity index (χ2v) is 6.04. The fourth-order valence-corrected chi connectivity index (χ4v) is 3.05. The van der Waals surface area contributed by atoms with Gasteiger partial charge in [0.1, 0.15) is 11.6 Å². The number of aromatic nitrogens is 1. The average Bonchev–Trinajstić information content (AvgIpc) is 2.57. The molecule has 24 heavy (non-hydrogen) atoms. The van der Waals surface area contributed by atoms with E-state index in [1.54, 1.807) is 6.07 Å². The molecule has 1 aromatic carbocycles. The Kier molecular flexibility index (Phi) is 4.14. The lowest BCUT2D eigenvalue weighted by atomic mass is 9.92. The van der Waals surface area contributed by atoms with E-state index in [1.165, 1.54) is 0 Å². The Morgan fingerprint density at radius 3 is 2.58 bits per heavy atom. The molecule has 1 aliphatic rings. The number of hydrogen-bond donors (Lipinski definition) is 1. The molecule has 0 saturated heterocycles. The highest BCUT2D eigenvalue weighted by atomic mass is 19.1. The van der Waals surface area contributed by atoms with Gasteiger partial charge in [0.05, 0.1) is 5.69 Å². The minimum atomic E-state index is -0.218. The van der Waals surface area contributed by atoms with E-state index < -0.39 is 0 Å². The van der Waals surface area contributed by atoms with Crippen LogP contribution >= 0.6 is 0 Å². The number of rotatable bonds is 3. The quantitative estimate of drug-likeness (QED) is 0.881. The molecule has 1 N–H and O–H groups in total. The van der Waals surface area contributed by atoms with E-state index in [-0.39, 0.29) is 5.82 Å². The van der Waals surface area contributed by atoms with Crippen LogP contribution in [0.15, 0.2) is 36.7 Å². The number of allylic oxidation sites excluding steroid dienone is 1. The lowest BCUT2D eigenvalue weighted by Crippen LogP contribution is -2.26.